The molecule has 2 aliphatic rings. The summed E-state index contributed by atoms with van der Waals surface area (Å²) in [5.41, 5.74) is 6.96. The highest BCUT2D eigenvalue weighted by molar-refractivity contribution is 8.00. The van der Waals surface area contributed by atoms with Gasteiger partial charge in [-0.15, -0.1) is 11.8 Å². The standard InChI is InChI=1S/C33H36F2N6O7S2.C2HF3O2/c34-20-4-5-21-22-14-27(38-16-23(22)35)39-28-11-19(12-30(40-28)48-9-2-8-47-25(21)13-20)17-49-10-6-37-29(42)3-1-7-41-31(43)15-26(32(41)44)50-18-24(36)33(45)46;3-2(4,5)1(6)7/h4-5,11-14,16,24,26H,1-3,6-10,15,17-18,36H2,(H,37,42)(H,45,46)(H,38,39,40);(H,6,7)/t24-,26?;/m0./s1. The summed E-state index contributed by atoms with van der Waals surface area (Å²) in [6.45, 7) is 1.00. The van der Waals surface area contributed by atoms with Crippen LogP contribution in [-0.2, 0) is 29.7 Å². The van der Waals surface area contributed by atoms with Crippen molar-refractivity contribution in [3.63, 3.8) is 0 Å². The average molecular weight is 845 g/mol. The van der Waals surface area contributed by atoms with E-state index in [4.69, 9.17) is 30.2 Å². The number of ether oxygens (including phenoxy) is 2. The number of likely N-dealkylation sites (tertiary alicyclic amines) is 1. The summed E-state index contributed by atoms with van der Waals surface area (Å²) < 4.78 is 72.2. The first-order chi connectivity index (χ1) is 27.0. The molecule has 3 aromatic rings. The third-order valence-corrected chi connectivity index (χ3v) is 10.2. The van der Waals surface area contributed by atoms with Crippen molar-refractivity contribution in [1.82, 2.24) is 20.2 Å². The molecule has 0 spiro atoms. The second-order valence-electron chi connectivity index (χ2n) is 12.2. The van der Waals surface area contributed by atoms with Crippen LogP contribution in [0, 0.1) is 11.6 Å². The van der Waals surface area contributed by atoms with E-state index in [0.717, 1.165) is 28.4 Å². The van der Waals surface area contributed by atoms with Crippen LogP contribution < -0.4 is 25.8 Å². The topological polar surface area (TPSA) is 223 Å². The number of amides is 3. The number of nitrogens with two attached hydrogens (primary N) is 1. The molecule has 0 aliphatic carbocycles. The van der Waals surface area contributed by atoms with Gasteiger partial charge in [0.1, 0.15) is 35.1 Å². The lowest BCUT2D eigenvalue weighted by Gasteiger charge is -2.16. The number of benzene rings is 1. The fourth-order valence-corrected chi connectivity index (χ4v) is 7.03. The van der Waals surface area contributed by atoms with E-state index in [1.807, 2.05) is 12.1 Å². The summed E-state index contributed by atoms with van der Waals surface area (Å²) in [5.74, 6) is -3.42. The fourth-order valence-electron chi connectivity index (χ4n) is 5.13. The van der Waals surface area contributed by atoms with Gasteiger partial charge in [0.25, 0.3) is 0 Å². The predicted octanol–water partition coefficient (Wildman–Crippen LogP) is 4.36. The van der Waals surface area contributed by atoms with Gasteiger partial charge >= 0.3 is 18.1 Å². The van der Waals surface area contributed by atoms with E-state index in [0.29, 0.717) is 54.0 Å². The van der Waals surface area contributed by atoms with Crippen LogP contribution in [0.4, 0.5) is 33.6 Å². The third kappa shape index (κ3) is 13.7. The quantitative estimate of drug-likeness (QED) is 0.0916. The Morgan fingerprint density at radius 2 is 1.79 bits per heavy atom. The van der Waals surface area contributed by atoms with Gasteiger partial charge in [0.15, 0.2) is 0 Å². The molecule has 1 aromatic carbocycles. The van der Waals surface area contributed by atoms with Gasteiger partial charge in [-0.05, 0) is 36.2 Å². The molecule has 22 heteroatoms. The fraction of sp³-hybridized carbons (Fsp3) is 0.400. The number of rotatable bonds is 13. The number of hydrogen-bond acceptors (Lipinski definition) is 13. The highest BCUT2D eigenvalue weighted by Gasteiger charge is 2.39. The number of aromatic nitrogens is 2. The van der Waals surface area contributed by atoms with Gasteiger partial charge in [-0.2, -0.15) is 29.9 Å². The molecule has 57 heavy (non-hydrogen) atoms. The predicted molar refractivity (Wildman–Crippen MR) is 198 cm³/mol. The lowest BCUT2D eigenvalue weighted by Crippen LogP contribution is -2.35. The number of thioether (sulfide) groups is 2. The number of anilines is 2. The van der Waals surface area contributed by atoms with Gasteiger partial charge in [0, 0.05) is 72.9 Å². The molecule has 0 radical (unpaired) electrons. The number of alkyl halides is 3. The monoisotopic (exact) mass is 844 g/mol. The molecule has 1 saturated heterocycles. The minimum absolute atomic E-state index is 0.0147. The molecule has 2 aromatic heterocycles. The van der Waals surface area contributed by atoms with Crippen molar-refractivity contribution in [2.75, 3.05) is 43.1 Å². The summed E-state index contributed by atoms with van der Waals surface area (Å²) in [4.78, 5) is 66.8. The summed E-state index contributed by atoms with van der Waals surface area (Å²) in [6, 6.07) is 7.95. The zero-order valence-electron chi connectivity index (χ0n) is 29.9. The number of pyridine rings is 2. The SMILES string of the molecule is N[C@@H](CSC1CC(=O)N(CCCC(=O)NCCSCc2cc3nc(c2)OCCCOc2cc(F)ccc2-c2cc(ncc2F)N3)C1=O)C(=O)O.O=C(O)C(F)(F)F. The van der Waals surface area contributed by atoms with E-state index >= 15 is 0 Å². The molecule has 2 aliphatic heterocycles. The van der Waals surface area contributed by atoms with Crippen LogP contribution in [0.2, 0.25) is 0 Å². The maximum atomic E-state index is 14.9. The second kappa shape index (κ2) is 20.8. The normalized spacial score (nSPS) is 15.8. The van der Waals surface area contributed by atoms with Gasteiger partial charge in [0.2, 0.25) is 23.6 Å². The molecule has 308 valence electrons. The van der Waals surface area contributed by atoms with Gasteiger partial charge < -0.3 is 36.1 Å². The van der Waals surface area contributed by atoms with Gasteiger partial charge in [-0.25, -0.2) is 18.6 Å². The molecule has 2 atom stereocenters. The minimum atomic E-state index is -5.08. The van der Waals surface area contributed by atoms with Crippen molar-refractivity contribution in [1.29, 1.82) is 0 Å². The summed E-state index contributed by atoms with van der Waals surface area (Å²) in [5, 5.41) is 21.3. The summed E-state index contributed by atoms with van der Waals surface area (Å²) >= 11 is 2.63. The lowest BCUT2D eigenvalue weighted by molar-refractivity contribution is -0.192. The van der Waals surface area contributed by atoms with Gasteiger partial charge in [-0.3, -0.25) is 24.1 Å². The number of carboxylic acid groups (broad SMARTS) is 2. The molecular weight excluding hydrogens is 808 g/mol. The summed E-state index contributed by atoms with van der Waals surface area (Å²) in [6.07, 6.45) is -3.11. The number of carbonyl (C=O) groups excluding carboxylic acids is 3. The molecule has 4 heterocycles. The Hall–Kier alpha value is -5.22. The average Bonchev–Trinajstić information content (AvgIpc) is 3.41. The highest BCUT2D eigenvalue weighted by atomic mass is 32.2. The first kappa shape index (κ1) is 44.5. The molecule has 6 N–H and O–H groups in total. The Kier molecular flexibility index (Phi) is 16.2. The Morgan fingerprint density at radius 3 is 2.51 bits per heavy atom. The van der Waals surface area contributed by atoms with Crippen LogP contribution >= 0.6 is 23.5 Å². The minimum Gasteiger partial charge on any atom is -0.493 e. The van der Waals surface area contributed by atoms with Crippen LogP contribution in [0.15, 0.2) is 42.6 Å². The maximum Gasteiger partial charge on any atom is 0.490 e. The first-order valence-electron chi connectivity index (χ1n) is 17.1. The van der Waals surface area contributed by atoms with E-state index in [-0.39, 0.29) is 67.4 Å². The van der Waals surface area contributed by atoms with Crippen molar-refractivity contribution in [2.45, 2.75) is 48.9 Å². The molecule has 5 rings (SSSR count). The number of halogens is 5. The van der Waals surface area contributed by atoms with E-state index < -0.39 is 41.0 Å². The van der Waals surface area contributed by atoms with Gasteiger partial charge in [0.05, 0.1) is 24.7 Å². The van der Waals surface area contributed by atoms with Crippen molar-refractivity contribution in [2.24, 2.45) is 5.73 Å². The number of aliphatic carboxylic acids is 2. The summed E-state index contributed by atoms with van der Waals surface area (Å²) in [7, 11) is 0. The molecule has 1 fully saturated rings. The second-order valence-corrected chi connectivity index (χ2v) is 14.6. The van der Waals surface area contributed by atoms with Crippen LogP contribution in [0.3, 0.4) is 0 Å². The number of nitrogens with one attached hydrogen (secondary N) is 2. The molecule has 3 amide bonds. The van der Waals surface area contributed by atoms with Crippen LogP contribution in [0.1, 0.15) is 31.2 Å². The smallest absolute Gasteiger partial charge is 0.490 e. The largest absolute Gasteiger partial charge is 0.493 e. The molecule has 4 bridgehead atoms. The molecule has 0 saturated carbocycles. The Morgan fingerprint density at radius 1 is 1.05 bits per heavy atom. The zero-order valence-corrected chi connectivity index (χ0v) is 31.5. The number of carbonyl (C=O) groups is 5. The van der Waals surface area contributed by atoms with Crippen LogP contribution in [0.5, 0.6) is 11.6 Å². The first-order valence-corrected chi connectivity index (χ1v) is 19.3. The van der Waals surface area contributed by atoms with Gasteiger partial charge in [-0.1, -0.05) is 0 Å². The number of hydrogen-bond donors (Lipinski definition) is 5. The number of nitrogens with zero attached hydrogens (tertiary/aromatic N) is 3. The van der Waals surface area contributed by atoms with E-state index in [9.17, 15) is 41.1 Å². The highest BCUT2D eigenvalue weighted by Crippen LogP contribution is 2.35. The number of fused-ring (bicyclic) bond motifs is 6. The van der Waals surface area contributed by atoms with Crippen LogP contribution in [-0.4, -0.2) is 110 Å². The Bertz CT molecular complexity index is 1940. The zero-order chi connectivity index (χ0) is 41.7. The van der Waals surface area contributed by atoms with E-state index in [2.05, 4.69) is 20.6 Å². The van der Waals surface area contributed by atoms with Crippen molar-refractivity contribution in [3.8, 4) is 22.8 Å². The van der Waals surface area contributed by atoms with Crippen molar-refractivity contribution >= 4 is 64.8 Å². The Labute approximate surface area is 330 Å². The number of carboxylic acids is 2. The molecule has 1 unspecified atom stereocenters. The molecule has 15 nitrogen and oxygen atoms in total. The van der Waals surface area contributed by atoms with Crippen LogP contribution in [0.25, 0.3) is 11.1 Å². The Balaban J connectivity index is 0.000000940. The van der Waals surface area contributed by atoms with E-state index in [1.165, 1.54) is 24.3 Å². The molecular formula is C35H37F5N6O9S2. The lowest BCUT2D eigenvalue weighted by atomic mass is 10.0. The van der Waals surface area contributed by atoms with E-state index in [1.54, 1.807) is 11.8 Å². The third-order valence-electron chi connectivity index (χ3n) is 7.87. The van der Waals surface area contributed by atoms with Crippen molar-refractivity contribution < 1.29 is 65.6 Å². The van der Waals surface area contributed by atoms with Crippen molar-refractivity contribution in [3.05, 3.63) is 59.8 Å². The maximum absolute atomic E-state index is 14.9. The number of imide groups is 1.